The first kappa shape index (κ1) is 12.5. The van der Waals surface area contributed by atoms with E-state index in [1.807, 2.05) is 0 Å². The van der Waals surface area contributed by atoms with Gasteiger partial charge in [-0.3, -0.25) is 4.79 Å². The molecule has 0 spiro atoms. The van der Waals surface area contributed by atoms with Crippen molar-refractivity contribution in [2.45, 2.75) is 6.04 Å². The molecule has 0 amide bonds. The second-order valence-electron chi connectivity index (χ2n) is 2.83. The molecule has 4 nitrogen and oxygen atoms in total. The molecule has 82 valence electrons. The Kier molecular flexibility index (Phi) is 4.12. The second kappa shape index (κ2) is 4.96. The predicted octanol–water partition coefficient (Wildman–Crippen LogP) is 2.09. The van der Waals surface area contributed by atoms with Gasteiger partial charge in [-0.15, -0.1) is 0 Å². The molecule has 0 saturated heterocycles. The van der Waals surface area contributed by atoms with E-state index < -0.39 is 12.0 Å². The van der Waals surface area contributed by atoms with Gasteiger partial charge in [0.2, 0.25) is 0 Å². The minimum Gasteiger partial charge on any atom is -0.506 e. The summed E-state index contributed by atoms with van der Waals surface area (Å²) in [4.78, 5) is 11.2. The molecule has 1 aromatic rings. The number of carbonyl (C=O) groups is 1. The number of phenolic OH excluding ortho intramolecular Hbond substituents is 1. The van der Waals surface area contributed by atoms with Crippen LogP contribution >= 0.6 is 31.9 Å². The maximum Gasteiger partial charge on any atom is 0.327 e. The molecule has 0 aliphatic rings. The van der Waals surface area contributed by atoms with E-state index in [-0.39, 0.29) is 5.75 Å². The van der Waals surface area contributed by atoms with Gasteiger partial charge in [0, 0.05) is 10.0 Å². The van der Waals surface area contributed by atoms with Crippen LogP contribution in [0.4, 0.5) is 0 Å². The SMILES string of the molecule is COC(=O)[C@@H](N)c1cc(Br)cc(Br)c1O. The van der Waals surface area contributed by atoms with Gasteiger partial charge in [0.25, 0.3) is 0 Å². The molecular weight excluding hydrogens is 330 g/mol. The number of phenols is 1. The number of methoxy groups -OCH3 is 1. The van der Waals surface area contributed by atoms with Gasteiger partial charge in [-0.1, -0.05) is 15.9 Å². The zero-order chi connectivity index (χ0) is 11.6. The maximum atomic E-state index is 11.2. The number of hydrogen-bond donors (Lipinski definition) is 2. The van der Waals surface area contributed by atoms with Crippen molar-refractivity contribution in [1.82, 2.24) is 0 Å². The summed E-state index contributed by atoms with van der Waals surface area (Å²) in [5.41, 5.74) is 5.92. The smallest absolute Gasteiger partial charge is 0.327 e. The summed E-state index contributed by atoms with van der Waals surface area (Å²) in [6.45, 7) is 0. The normalized spacial score (nSPS) is 12.3. The second-order valence-corrected chi connectivity index (χ2v) is 4.60. The number of benzene rings is 1. The Morgan fingerprint density at radius 1 is 1.53 bits per heavy atom. The fourth-order valence-corrected chi connectivity index (χ4v) is 2.34. The Morgan fingerprint density at radius 3 is 2.67 bits per heavy atom. The highest BCUT2D eigenvalue weighted by Gasteiger charge is 2.21. The van der Waals surface area contributed by atoms with E-state index in [4.69, 9.17) is 5.73 Å². The average Bonchev–Trinajstić information content (AvgIpc) is 2.21. The van der Waals surface area contributed by atoms with Gasteiger partial charge in [-0.25, -0.2) is 0 Å². The molecule has 1 aromatic carbocycles. The van der Waals surface area contributed by atoms with E-state index in [0.29, 0.717) is 14.5 Å². The van der Waals surface area contributed by atoms with Crippen LogP contribution in [0.3, 0.4) is 0 Å². The Morgan fingerprint density at radius 2 is 2.13 bits per heavy atom. The maximum absolute atomic E-state index is 11.2. The third-order valence-corrected chi connectivity index (χ3v) is 2.91. The van der Waals surface area contributed by atoms with Crippen molar-refractivity contribution in [3.05, 3.63) is 26.6 Å². The van der Waals surface area contributed by atoms with Crippen molar-refractivity contribution in [3.63, 3.8) is 0 Å². The van der Waals surface area contributed by atoms with E-state index in [1.54, 1.807) is 12.1 Å². The molecule has 1 atom stereocenters. The van der Waals surface area contributed by atoms with E-state index in [9.17, 15) is 9.90 Å². The largest absolute Gasteiger partial charge is 0.506 e. The quantitative estimate of drug-likeness (QED) is 0.810. The summed E-state index contributed by atoms with van der Waals surface area (Å²) in [6.07, 6.45) is 0. The molecule has 0 aromatic heterocycles. The molecule has 0 fully saturated rings. The molecule has 0 unspecified atom stereocenters. The molecule has 0 saturated carbocycles. The topological polar surface area (TPSA) is 72.5 Å². The van der Waals surface area contributed by atoms with Gasteiger partial charge in [0.1, 0.15) is 11.8 Å². The zero-order valence-electron chi connectivity index (χ0n) is 7.83. The van der Waals surface area contributed by atoms with E-state index in [1.165, 1.54) is 7.11 Å². The lowest BCUT2D eigenvalue weighted by atomic mass is 10.1. The van der Waals surface area contributed by atoms with Crippen molar-refractivity contribution < 1.29 is 14.6 Å². The van der Waals surface area contributed by atoms with Gasteiger partial charge in [0.15, 0.2) is 0 Å². The standard InChI is InChI=1S/C9H9Br2NO3/c1-15-9(14)7(12)5-2-4(10)3-6(11)8(5)13/h2-3,7,13H,12H2,1H3/t7-/m0/s1. The summed E-state index contributed by atoms with van der Waals surface area (Å²) in [5, 5.41) is 9.68. The molecule has 0 bridgehead atoms. The zero-order valence-corrected chi connectivity index (χ0v) is 11.0. The molecule has 6 heteroatoms. The molecule has 3 N–H and O–H groups in total. The molecule has 0 heterocycles. The van der Waals surface area contributed by atoms with Crippen LogP contribution in [0.15, 0.2) is 21.1 Å². The molecule has 0 aliphatic carbocycles. The Hall–Kier alpha value is -0.590. The van der Waals surface area contributed by atoms with Gasteiger partial charge >= 0.3 is 5.97 Å². The van der Waals surface area contributed by atoms with E-state index in [2.05, 4.69) is 36.6 Å². The van der Waals surface area contributed by atoms with Crippen molar-refractivity contribution in [2.75, 3.05) is 7.11 Å². The average molecular weight is 339 g/mol. The first-order valence-electron chi connectivity index (χ1n) is 3.98. The number of esters is 1. The number of carbonyl (C=O) groups excluding carboxylic acids is 1. The van der Waals surface area contributed by atoms with Gasteiger partial charge in [-0.2, -0.15) is 0 Å². The third kappa shape index (κ3) is 2.70. The fraction of sp³-hybridized carbons (Fsp3) is 0.222. The van der Waals surface area contributed by atoms with E-state index >= 15 is 0 Å². The summed E-state index contributed by atoms with van der Waals surface area (Å²) >= 11 is 6.39. The Balaban J connectivity index is 3.19. The number of nitrogens with two attached hydrogens (primary N) is 1. The van der Waals surface area contributed by atoms with Gasteiger partial charge in [0.05, 0.1) is 11.6 Å². The van der Waals surface area contributed by atoms with Crippen LogP contribution in [0.2, 0.25) is 0 Å². The Labute approximate surface area is 104 Å². The highest BCUT2D eigenvalue weighted by Crippen LogP contribution is 2.34. The fourth-order valence-electron chi connectivity index (χ4n) is 1.08. The van der Waals surface area contributed by atoms with Gasteiger partial charge in [-0.05, 0) is 28.1 Å². The number of ether oxygens (including phenoxy) is 1. The van der Waals surface area contributed by atoms with Crippen molar-refractivity contribution >= 4 is 37.8 Å². The third-order valence-electron chi connectivity index (χ3n) is 1.85. The van der Waals surface area contributed by atoms with Crippen LogP contribution in [0.25, 0.3) is 0 Å². The van der Waals surface area contributed by atoms with Crippen LogP contribution in [0, 0.1) is 0 Å². The highest BCUT2D eigenvalue weighted by molar-refractivity contribution is 9.11. The van der Waals surface area contributed by atoms with Crippen molar-refractivity contribution in [1.29, 1.82) is 0 Å². The van der Waals surface area contributed by atoms with Crippen molar-refractivity contribution in [3.8, 4) is 5.75 Å². The molecular formula is C9H9Br2NO3. The molecule has 15 heavy (non-hydrogen) atoms. The minimum absolute atomic E-state index is 0.0592. The Bertz CT molecular complexity index is 395. The van der Waals surface area contributed by atoms with Crippen LogP contribution in [0.1, 0.15) is 11.6 Å². The number of hydrogen-bond acceptors (Lipinski definition) is 4. The lowest BCUT2D eigenvalue weighted by molar-refractivity contribution is -0.142. The highest BCUT2D eigenvalue weighted by atomic mass is 79.9. The molecule has 1 rings (SSSR count). The van der Waals surface area contributed by atoms with Crippen molar-refractivity contribution in [2.24, 2.45) is 5.73 Å². The van der Waals surface area contributed by atoms with Crippen LogP contribution in [0.5, 0.6) is 5.75 Å². The van der Waals surface area contributed by atoms with E-state index in [0.717, 1.165) is 0 Å². The lowest BCUT2D eigenvalue weighted by Crippen LogP contribution is -2.22. The molecule has 0 aliphatic heterocycles. The summed E-state index contributed by atoms with van der Waals surface area (Å²) in [6, 6.07) is 2.23. The first-order valence-corrected chi connectivity index (χ1v) is 5.57. The monoisotopic (exact) mass is 337 g/mol. The summed E-state index contributed by atoms with van der Waals surface area (Å²) in [7, 11) is 1.24. The lowest BCUT2D eigenvalue weighted by Gasteiger charge is -2.12. The summed E-state index contributed by atoms with van der Waals surface area (Å²) in [5.74, 6) is -0.661. The number of rotatable bonds is 2. The molecule has 0 radical (unpaired) electrons. The first-order chi connectivity index (χ1) is 6.97. The summed E-state index contributed by atoms with van der Waals surface area (Å²) < 4.78 is 5.67. The number of halogens is 2. The van der Waals surface area contributed by atoms with Crippen LogP contribution in [-0.4, -0.2) is 18.2 Å². The van der Waals surface area contributed by atoms with Gasteiger partial charge < -0.3 is 15.6 Å². The van der Waals surface area contributed by atoms with Crippen LogP contribution < -0.4 is 5.73 Å². The number of aromatic hydroxyl groups is 1. The predicted molar refractivity (Wildman–Crippen MR) is 62.5 cm³/mol. The van der Waals surface area contributed by atoms with Crippen LogP contribution in [-0.2, 0) is 9.53 Å². The minimum atomic E-state index is -0.996.